The first kappa shape index (κ1) is 14.8. The summed E-state index contributed by atoms with van der Waals surface area (Å²) in [5.74, 6) is 1.57. The monoisotopic (exact) mass is 322 g/mol. The molecule has 1 aliphatic heterocycles. The van der Waals surface area contributed by atoms with Crippen LogP contribution in [0, 0.1) is 0 Å². The van der Waals surface area contributed by atoms with E-state index >= 15 is 0 Å². The Bertz CT molecular complexity index is 949. The van der Waals surface area contributed by atoms with E-state index in [2.05, 4.69) is 9.88 Å². The summed E-state index contributed by atoms with van der Waals surface area (Å²) in [5, 5.41) is 1.04. The molecule has 0 aliphatic carbocycles. The lowest BCUT2D eigenvalue weighted by Crippen LogP contribution is -2.23. The molecule has 0 saturated carbocycles. The van der Waals surface area contributed by atoms with Gasteiger partial charge in [0.05, 0.1) is 0 Å². The van der Waals surface area contributed by atoms with Gasteiger partial charge in [0, 0.05) is 24.2 Å². The zero-order valence-electron chi connectivity index (χ0n) is 13.4. The highest BCUT2D eigenvalue weighted by atomic mass is 16.7. The number of aromatic nitrogens is 1. The van der Waals surface area contributed by atoms with Crippen molar-refractivity contribution in [2.75, 3.05) is 13.8 Å². The van der Waals surface area contributed by atoms with Gasteiger partial charge in [-0.25, -0.2) is 0 Å². The van der Waals surface area contributed by atoms with Crippen LogP contribution in [0.4, 0.5) is 0 Å². The number of fused-ring (bicyclic) bond motifs is 2. The van der Waals surface area contributed by atoms with Gasteiger partial charge in [-0.3, -0.25) is 9.69 Å². The van der Waals surface area contributed by atoms with Crippen LogP contribution in [0.5, 0.6) is 11.5 Å². The third kappa shape index (κ3) is 2.86. The van der Waals surface area contributed by atoms with Crippen LogP contribution in [0.3, 0.4) is 0 Å². The largest absolute Gasteiger partial charge is 0.454 e. The van der Waals surface area contributed by atoms with Gasteiger partial charge in [0.15, 0.2) is 11.5 Å². The van der Waals surface area contributed by atoms with Crippen LogP contribution >= 0.6 is 0 Å². The van der Waals surface area contributed by atoms with Gasteiger partial charge in [-0.05, 0) is 42.3 Å². The van der Waals surface area contributed by atoms with E-state index in [0.717, 1.165) is 40.1 Å². The number of nitrogens with one attached hydrogen (secondary N) is 1. The van der Waals surface area contributed by atoms with E-state index < -0.39 is 0 Å². The minimum absolute atomic E-state index is 0.0359. The van der Waals surface area contributed by atoms with Crippen molar-refractivity contribution in [2.24, 2.45) is 0 Å². The highest BCUT2D eigenvalue weighted by Crippen LogP contribution is 2.32. The van der Waals surface area contributed by atoms with Crippen LogP contribution < -0.4 is 15.0 Å². The van der Waals surface area contributed by atoms with Crippen molar-refractivity contribution in [1.29, 1.82) is 0 Å². The van der Waals surface area contributed by atoms with Gasteiger partial charge < -0.3 is 14.5 Å². The van der Waals surface area contributed by atoms with Crippen molar-refractivity contribution in [3.63, 3.8) is 0 Å². The molecule has 0 amide bonds. The number of ether oxygens (including phenoxy) is 2. The van der Waals surface area contributed by atoms with E-state index in [0.29, 0.717) is 6.54 Å². The molecule has 0 radical (unpaired) electrons. The molecule has 5 nitrogen and oxygen atoms in total. The van der Waals surface area contributed by atoms with Crippen molar-refractivity contribution in [3.8, 4) is 11.5 Å². The fourth-order valence-electron chi connectivity index (χ4n) is 3.01. The predicted molar refractivity (Wildman–Crippen MR) is 92.3 cm³/mol. The molecule has 0 spiro atoms. The van der Waals surface area contributed by atoms with Gasteiger partial charge >= 0.3 is 0 Å². The molecule has 2 heterocycles. The number of aromatic amines is 1. The summed E-state index contributed by atoms with van der Waals surface area (Å²) in [7, 11) is 2.00. The van der Waals surface area contributed by atoms with Crippen LogP contribution in [0.15, 0.2) is 53.3 Å². The first-order chi connectivity index (χ1) is 11.7. The van der Waals surface area contributed by atoms with Crippen molar-refractivity contribution < 1.29 is 9.47 Å². The van der Waals surface area contributed by atoms with Gasteiger partial charge in [0.25, 0.3) is 5.56 Å². The summed E-state index contributed by atoms with van der Waals surface area (Å²) in [6, 6.07) is 15.7. The zero-order valence-corrected chi connectivity index (χ0v) is 13.4. The van der Waals surface area contributed by atoms with Gasteiger partial charge in [-0.15, -0.1) is 0 Å². The second-order valence-corrected chi connectivity index (χ2v) is 6.07. The second kappa shape index (κ2) is 6.02. The van der Waals surface area contributed by atoms with Gasteiger partial charge in [-0.1, -0.05) is 24.3 Å². The third-order valence-electron chi connectivity index (χ3n) is 4.16. The summed E-state index contributed by atoms with van der Waals surface area (Å²) >= 11 is 0. The van der Waals surface area contributed by atoms with E-state index in [9.17, 15) is 4.79 Å². The molecule has 1 aromatic heterocycles. The van der Waals surface area contributed by atoms with Crippen molar-refractivity contribution in [1.82, 2.24) is 9.88 Å². The van der Waals surface area contributed by atoms with Gasteiger partial charge in [-0.2, -0.15) is 0 Å². The number of pyridine rings is 1. The number of benzene rings is 2. The summed E-state index contributed by atoms with van der Waals surface area (Å²) in [4.78, 5) is 17.3. The molecule has 1 aliphatic rings. The molecule has 0 bridgehead atoms. The lowest BCUT2D eigenvalue weighted by molar-refractivity contribution is 0.174. The number of nitrogens with zero attached hydrogens (tertiary/aromatic N) is 1. The molecule has 0 atom stereocenters. The summed E-state index contributed by atoms with van der Waals surface area (Å²) in [5.41, 5.74) is 2.71. The first-order valence-corrected chi connectivity index (χ1v) is 7.87. The fraction of sp³-hybridized carbons (Fsp3) is 0.211. The molecule has 0 fully saturated rings. The average molecular weight is 322 g/mol. The quantitative estimate of drug-likeness (QED) is 0.802. The maximum absolute atomic E-state index is 12.3. The Kier molecular flexibility index (Phi) is 3.70. The average Bonchev–Trinajstić information content (AvgIpc) is 3.03. The normalized spacial score (nSPS) is 12.9. The number of rotatable bonds is 4. The molecule has 2 aromatic carbocycles. The van der Waals surface area contributed by atoms with E-state index in [1.165, 1.54) is 0 Å². The Morgan fingerprint density at radius 2 is 1.88 bits per heavy atom. The number of H-pyrrole nitrogens is 1. The number of hydrogen-bond donors (Lipinski definition) is 1. The molecular formula is C19H18N2O3. The van der Waals surface area contributed by atoms with E-state index in [1.807, 2.05) is 55.6 Å². The maximum atomic E-state index is 12.3. The van der Waals surface area contributed by atoms with Crippen LogP contribution in [0.25, 0.3) is 10.9 Å². The van der Waals surface area contributed by atoms with E-state index in [1.54, 1.807) is 0 Å². The number of para-hydroxylation sites is 1. The molecule has 3 aromatic rings. The summed E-state index contributed by atoms with van der Waals surface area (Å²) in [6.45, 7) is 1.58. The molecule has 122 valence electrons. The molecule has 24 heavy (non-hydrogen) atoms. The van der Waals surface area contributed by atoms with Gasteiger partial charge in [0.2, 0.25) is 6.79 Å². The van der Waals surface area contributed by atoms with Crippen molar-refractivity contribution in [2.45, 2.75) is 13.1 Å². The molecule has 0 unspecified atom stereocenters. The molecule has 0 saturated heterocycles. The molecule has 5 heteroatoms. The predicted octanol–water partition coefficient (Wildman–Crippen LogP) is 2.89. The lowest BCUT2D eigenvalue weighted by Gasteiger charge is -2.17. The highest BCUT2D eigenvalue weighted by Gasteiger charge is 2.14. The van der Waals surface area contributed by atoms with Crippen molar-refractivity contribution >= 4 is 10.9 Å². The minimum atomic E-state index is -0.0359. The maximum Gasteiger partial charge on any atom is 0.252 e. The van der Waals surface area contributed by atoms with E-state index in [-0.39, 0.29) is 12.4 Å². The first-order valence-electron chi connectivity index (χ1n) is 7.87. The topological polar surface area (TPSA) is 54.6 Å². The Labute approximate surface area is 139 Å². The van der Waals surface area contributed by atoms with Crippen molar-refractivity contribution in [3.05, 3.63) is 70.0 Å². The zero-order chi connectivity index (χ0) is 16.5. The Balaban J connectivity index is 1.52. The number of hydrogen-bond acceptors (Lipinski definition) is 4. The fourth-order valence-corrected chi connectivity index (χ4v) is 3.01. The Morgan fingerprint density at radius 1 is 1.04 bits per heavy atom. The summed E-state index contributed by atoms with van der Waals surface area (Å²) in [6.07, 6.45) is 0. The molecule has 4 rings (SSSR count). The van der Waals surface area contributed by atoms with Gasteiger partial charge in [0.1, 0.15) is 0 Å². The van der Waals surface area contributed by atoms with Crippen LogP contribution in [-0.4, -0.2) is 23.7 Å². The van der Waals surface area contributed by atoms with Crippen LogP contribution in [-0.2, 0) is 13.1 Å². The minimum Gasteiger partial charge on any atom is -0.454 e. The van der Waals surface area contributed by atoms with Crippen LogP contribution in [0.2, 0.25) is 0 Å². The molecule has 1 N–H and O–H groups in total. The third-order valence-corrected chi connectivity index (χ3v) is 4.16. The lowest BCUT2D eigenvalue weighted by atomic mass is 10.1. The van der Waals surface area contributed by atoms with E-state index in [4.69, 9.17) is 9.47 Å². The molecular weight excluding hydrogens is 304 g/mol. The second-order valence-electron chi connectivity index (χ2n) is 6.07. The standard InChI is InChI=1S/C19H18N2O3/c1-21(10-13-6-7-17-18(8-13)24-12-23-17)11-15-9-14-4-2-3-5-16(14)20-19(15)22/h2-9H,10-12H2,1H3,(H,20,22). The smallest absolute Gasteiger partial charge is 0.252 e. The SMILES string of the molecule is CN(Cc1ccc2c(c1)OCO2)Cc1cc2ccccc2[nH]c1=O. The highest BCUT2D eigenvalue weighted by molar-refractivity contribution is 5.78. The Hall–Kier alpha value is -2.79. The Morgan fingerprint density at radius 3 is 2.79 bits per heavy atom. The van der Waals surface area contributed by atoms with Crippen LogP contribution in [0.1, 0.15) is 11.1 Å². The summed E-state index contributed by atoms with van der Waals surface area (Å²) < 4.78 is 10.7.